The van der Waals surface area contributed by atoms with Gasteiger partial charge in [-0.3, -0.25) is 9.48 Å². The first-order valence-corrected chi connectivity index (χ1v) is 6.05. The Morgan fingerprint density at radius 2 is 2.29 bits per heavy atom. The molecule has 1 heterocycles. The van der Waals surface area contributed by atoms with Crippen LogP contribution < -0.4 is 5.32 Å². The third-order valence-electron chi connectivity index (χ3n) is 2.45. The van der Waals surface area contributed by atoms with E-state index in [2.05, 4.69) is 17.3 Å². The minimum atomic E-state index is -0.151. The van der Waals surface area contributed by atoms with Crippen molar-refractivity contribution >= 4 is 5.97 Å². The monoisotopic (exact) mass is 239 g/mol. The van der Waals surface area contributed by atoms with Gasteiger partial charge in [-0.05, 0) is 13.3 Å². The van der Waals surface area contributed by atoms with Gasteiger partial charge >= 0.3 is 5.97 Å². The number of ether oxygens (including phenoxy) is 1. The Bertz CT molecular complexity index is 361. The van der Waals surface area contributed by atoms with Crippen LogP contribution in [-0.2, 0) is 29.5 Å². The van der Waals surface area contributed by atoms with Crippen LogP contribution >= 0.6 is 0 Å². The third kappa shape index (κ3) is 4.56. The van der Waals surface area contributed by atoms with E-state index in [1.54, 1.807) is 0 Å². The molecule has 1 aromatic rings. The highest BCUT2D eigenvalue weighted by atomic mass is 16.5. The van der Waals surface area contributed by atoms with E-state index in [0.717, 1.165) is 18.7 Å². The van der Waals surface area contributed by atoms with E-state index in [9.17, 15) is 4.79 Å². The second kappa shape index (κ2) is 7.06. The van der Waals surface area contributed by atoms with E-state index in [1.165, 1.54) is 5.56 Å². The molecule has 0 fully saturated rings. The van der Waals surface area contributed by atoms with Gasteiger partial charge in [-0.1, -0.05) is 6.92 Å². The number of rotatable bonds is 7. The lowest BCUT2D eigenvalue weighted by Crippen LogP contribution is -2.19. The number of hydrogen-bond acceptors (Lipinski definition) is 4. The zero-order valence-corrected chi connectivity index (χ0v) is 10.8. The molecular weight excluding hydrogens is 218 g/mol. The summed E-state index contributed by atoms with van der Waals surface area (Å²) >= 11 is 0. The quantitative estimate of drug-likeness (QED) is 0.570. The molecule has 0 unspecified atom stereocenters. The number of esters is 1. The number of nitrogens with one attached hydrogen (secondary N) is 1. The lowest BCUT2D eigenvalue weighted by Gasteiger charge is -2.04. The molecule has 1 N–H and O–H groups in total. The smallest absolute Gasteiger partial charge is 0.307 e. The largest absolute Gasteiger partial charge is 0.466 e. The van der Waals surface area contributed by atoms with Crippen molar-refractivity contribution < 1.29 is 9.53 Å². The lowest BCUT2D eigenvalue weighted by atomic mass is 10.2. The van der Waals surface area contributed by atoms with Crippen molar-refractivity contribution in [3.8, 4) is 0 Å². The summed E-state index contributed by atoms with van der Waals surface area (Å²) in [4.78, 5) is 11.1. The molecular formula is C12H21N3O2. The zero-order chi connectivity index (χ0) is 12.7. The van der Waals surface area contributed by atoms with Gasteiger partial charge in [-0.25, -0.2) is 0 Å². The molecule has 0 amide bonds. The summed E-state index contributed by atoms with van der Waals surface area (Å²) < 4.78 is 6.67. The first kappa shape index (κ1) is 13.7. The van der Waals surface area contributed by atoms with Crippen LogP contribution in [0.25, 0.3) is 0 Å². The van der Waals surface area contributed by atoms with Crippen molar-refractivity contribution in [2.75, 3.05) is 13.2 Å². The molecule has 5 heteroatoms. The number of carbonyl (C=O) groups is 1. The molecule has 0 radical (unpaired) electrons. The summed E-state index contributed by atoms with van der Waals surface area (Å²) in [7, 11) is 1.92. The predicted molar refractivity (Wildman–Crippen MR) is 65.5 cm³/mol. The average molecular weight is 239 g/mol. The van der Waals surface area contributed by atoms with Crippen molar-refractivity contribution in [3.63, 3.8) is 0 Å². The van der Waals surface area contributed by atoms with Gasteiger partial charge in [0.2, 0.25) is 0 Å². The molecule has 5 nitrogen and oxygen atoms in total. The minimum absolute atomic E-state index is 0.151. The van der Waals surface area contributed by atoms with Gasteiger partial charge < -0.3 is 10.1 Å². The fourth-order valence-corrected chi connectivity index (χ4v) is 1.68. The van der Waals surface area contributed by atoms with E-state index in [1.807, 2.05) is 24.9 Å². The topological polar surface area (TPSA) is 56.1 Å². The highest BCUT2D eigenvalue weighted by molar-refractivity contribution is 5.69. The molecule has 96 valence electrons. The van der Waals surface area contributed by atoms with Crippen LogP contribution in [0.5, 0.6) is 0 Å². The van der Waals surface area contributed by atoms with E-state index in [0.29, 0.717) is 19.6 Å². The standard InChI is InChI=1S/C12H21N3O2/c1-4-11-10(9-15(3)14-11)8-13-7-6-12(16)17-5-2/h9,13H,4-8H2,1-3H3. The van der Waals surface area contributed by atoms with Crippen LogP contribution in [0.15, 0.2) is 6.20 Å². The van der Waals surface area contributed by atoms with Gasteiger partial charge in [0, 0.05) is 31.9 Å². The number of hydrogen-bond donors (Lipinski definition) is 1. The fourth-order valence-electron chi connectivity index (χ4n) is 1.68. The molecule has 0 bridgehead atoms. The maximum Gasteiger partial charge on any atom is 0.307 e. The van der Waals surface area contributed by atoms with Crippen LogP contribution in [0.2, 0.25) is 0 Å². The second-order valence-corrected chi connectivity index (χ2v) is 3.86. The molecule has 0 saturated carbocycles. The summed E-state index contributed by atoms with van der Waals surface area (Å²) in [5, 5.41) is 7.58. The zero-order valence-electron chi connectivity index (χ0n) is 10.8. The lowest BCUT2D eigenvalue weighted by molar-refractivity contribution is -0.142. The molecule has 17 heavy (non-hydrogen) atoms. The maximum atomic E-state index is 11.1. The Balaban J connectivity index is 2.28. The van der Waals surface area contributed by atoms with Crippen molar-refractivity contribution in [2.45, 2.75) is 33.2 Å². The maximum absolute atomic E-state index is 11.1. The molecule has 1 aromatic heterocycles. The fraction of sp³-hybridized carbons (Fsp3) is 0.667. The Hall–Kier alpha value is -1.36. The van der Waals surface area contributed by atoms with Gasteiger partial charge in [0.05, 0.1) is 18.7 Å². The molecule has 0 aliphatic carbocycles. The van der Waals surface area contributed by atoms with Gasteiger partial charge in [-0.2, -0.15) is 5.10 Å². The molecule has 0 aliphatic heterocycles. The molecule has 0 spiro atoms. The third-order valence-corrected chi connectivity index (χ3v) is 2.45. The SMILES string of the molecule is CCOC(=O)CCNCc1cn(C)nc1CC. The van der Waals surface area contributed by atoms with E-state index >= 15 is 0 Å². The number of aryl methyl sites for hydroxylation is 2. The Morgan fingerprint density at radius 3 is 2.94 bits per heavy atom. The Kier molecular flexibility index (Phi) is 5.69. The highest BCUT2D eigenvalue weighted by Gasteiger charge is 2.06. The summed E-state index contributed by atoms with van der Waals surface area (Å²) in [6, 6.07) is 0. The molecule has 0 saturated heterocycles. The van der Waals surface area contributed by atoms with Gasteiger partial charge in [0.15, 0.2) is 0 Å². The predicted octanol–water partition coefficient (Wildman–Crippen LogP) is 1.03. The van der Waals surface area contributed by atoms with Crippen molar-refractivity contribution in [3.05, 3.63) is 17.5 Å². The van der Waals surface area contributed by atoms with Crippen LogP contribution in [0, 0.1) is 0 Å². The van der Waals surface area contributed by atoms with Crippen LogP contribution in [0.3, 0.4) is 0 Å². The summed E-state index contributed by atoms with van der Waals surface area (Å²) in [5.74, 6) is -0.151. The normalized spacial score (nSPS) is 10.5. The molecule has 0 atom stereocenters. The van der Waals surface area contributed by atoms with Crippen LogP contribution in [0.4, 0.5) is 0 Å². The summed E-state index contributed by atoms with van der Waals surface area (Å²) in [5.41, 5.74) is 2.30. The Morgan fingerprint density at radius 1 is 1.53 bits per heavy atom. The van der Waals surface area contributed by atoms with Crippen molar-refractivity contribution in [1.29, 1.82) is 0 Å². The number of carbonyl (C=O) groups excluding carboxylic acids is 1. The Labute approximate surface area is 102 Å². The summed E-state index contributed by atoms with van der Waals surface area (Å²) in [6.45, 7) is 5.73. The molecule has 0 aliphatic rings. The van der Waals surface area contributed by atoms with Gasteiger partial charge in [0.25, 0.3) is 0 Å². The van der Waals surface area contributed by atoms with E-state index in [-0.39, 0.29) is 5.97 Å². The highest BCUT2D eigenvalue weighted by Crippen LogP contribution is 2.06. The number of aromatic nitrogens is 2. The summed E-state index contributed by atoms with van der Waals surface area (Å²) in [6.07, 6.45) is 3.35. The first-order chi connectivity index (χ1) is 8.17. The molecule has 0 aromatic carbocycles. The van der Waals surface area contributed by atoms with E-state index in [4.69, 9.17) is 4.74 Å². The van der Waals surface area contributed by atoms with Crippen molar-refractivity contribution in [2.24, 2.45) is 7.05 Å². The average Bonchev–Trinajstić information content (AvgIpc) is 2.65. The second-order valence-electron chi connectivity index (χ2n) is 3.86. The first-order valence-electron chi connectivity index (χ1n) is 6.05. The van der Waals surface area contributed by atoms with Crippen molar-refractivity contribution in [1.82, 2.24) is 15.1 Å². The van der Waals surface area contributed by atoms with Gasteiger partial charge in [0.1, 0.15) is 0 Å². The molecule has 1 rings (SSSR count). The minimum Gasteiger partial charge on any atom is -0.466 e. The van der Waals surface area contributed by atoms with Gasteiger partial charge in [-0.15, -0.1) is 0 Å². The number of nitrogens with zero attached hydrogens (tertiary/aromatic N) is 2. The van der Waals surface area contributed by atoms with Crippen LogP contribution in [0.1, 0.15) is 31.5 Å². The van der Waals surface area contributed by atoms with Crippen LogP contribution in [-0.4, -0.2) is 28.9 Å². The van der Waals surface area contributed by atoms with E-state index < -0.39 is 0 Å².